The minimum Gasteiger partial charge on any atom is -0.379 e. The van der Waals surface area contributed by atoms with Crippen molar-refractivity contribution in [2.45, 2.75) is 51.1 Å². The number of guanidine groups is 1. The lowest BCUT2D eigenvalue weighted by atomic mass is 10.1. The molecule has 2 aliphatic heterocycles. The van der Waals surface area contributed by atoms with Crippen LogP contribution in [0.2, 0.25) is 0 Å². The summed E-state index contributed by atoms with van der Waals surface area (Å²) in [5.41, 5.74) is 0.289. The highest BCUT2D eigenvalue weighted by Crippen LogP contribution is 2.29. The molecule has 0 aromatic heterocycles. The quantitative estimate of drug-likeness (QED) is 0.525. The highest BCUT2D eigenvalue weighted by Gasteiger charge is 2.30. The molecule has 3 atom stereocenters. The van der Waals surface area contributed by atoms with Crippen LogP contribution in [0.1, 0.15) is 31.4 Å². The van der Waals surface area contributed by atoms with E-state index in [4.69, 9.17) is 4.74 Å². The van der Waals surface area contributed by atoms with Crippen molar-refractivity contribution < 1.29 is 17.9 Å². The molecule has 0 spiro atoms. The average Bonchev–Trinajstić information content (AvgIpc) is 3.17. The van der Waals surface area contributed by atoms with Gasteiger partial charge in [-0.1, -0.05) is 12.1 Å². The van der Waals surface area contributed by atoms with E-state index in [-0.39, 0.29) is 6.04 Å². The highest BCUT2D eigenvalue weighted by molar-refractivity contribution is 5.80. The number of likely N-dealkylation sites (tertiary alicyclic amines) is 1. The highest BCUT2D eigenvalue weighted by atomic mass is 19.4. The maximum atomic E-state index is 12.7. The van der Waals surface area contributed by atoms with Gasteiger partial charge in [0, 0.05) is 57.9 Å². The van der Waals surface area contributed by atoms with Gasteiger partial charge in [0.05, 0.1) is 18.8 Å². The van der Waals surface area contributed by atoms with E-state index in [1.807, 2.05) is 0 Å². The maximum Gasteiger partial charge on any atom is 0.416 e. The van der Waals surface area contributed by atoms with E-state index in [0.717, 1.165) is 69.5 Å². The number of hydrogen-bond acceptors (Lipinski definition) is 4. The van der Waals surface area contributed by atoms with Crippen LogP contribution < -0.4 is 10.6 Å². The molecule has 1 aromatic rings. The van der Waals surface area contributed by atoms with Gasteiger partial charge in [-0.25, -0.2) is 0 Å². The van der Waals surface area contributed by atoms with E-state index in [0.29, 0.717) is 18.6 Å². The van der Waals surface area contributed by atoms with Crippen molar-refractivity contribution in [2.75, 3.05) is 46.4 Å². The standard InChI is InChI=1S/C22H34F3N5O/c1-16(30-10-11-31-15-17(30)2)12-27-21(26-3)28-20-8-9-29(14-20)13-18-4-6-19(7-5-18)22(23,24)25/h4-7,16-17,20H,8-15H2,1-3H3,(H2,26,27,28). The van der Waals surface area contributed by atoms with E-state index >= 15 is 0 Å². The summed E-state index contributed by atoms with van der Waals surface area (Å²) < 4.78 is 43.7. The summed E-state index contributed by atoms with van der Waals surface area (Å²) in [6.07, 6.45) is -3.32. The van der Waals surface area contributed by atoms with Gasteiger partial charge >= 0.3 is 6.18 Å². The molecule has 3 rings (SSSR count). The van der Waals surface area contributed by atoms with Crippen LogP contribution in [-0.2, 0) is 17.5 Å². The normalized spacial score (nSPS) is 24.9. The molecule has 0 radical (unpaired) electrons. The molecule has 6 nitrogen and oxygen atoms in total. The van der Waals surface area contributed by atoms with Gasteiger partial charge in [0.25, 0.3) is 0 Å². The molecule has 2 fully saturated rings. The van der Waals surface area contributed by atoms with Gasteiger partial charge in [-0.2, -0.15) is 13.2 Å². The Kier molecular flexibility index (Phi) is 8.18. The molecule has 2 aliphatic rings. The minimum atomic E-state index is -4.29. The van der Waals surface area contributed by atoms with Crippen molar-refractivity contribution in [3.8, 4) is 0 Å². The minimum absolute atomic E-state index is 0.262. The zero-order valence-electron chi connectivity index (χ0n) is 18.6. The third-order valence-corrected chi connectivity index (χ3v) is 6.07. The maximum absolute atomic E-state index is 12.7. The fourth-order valence-corrected chi connectivity index (χ4v) is 4.30. The molecule has 0 bridgehead atoms. The van der Waals surface area contributed by atoms with Crippen molar-refractivity contribution >= 4 is 5.96 Å². The van der Waals surface area contributed by atoms with Crippen LogP contribution in [0.25, 0.3) is 0 Å². The van der Waals surface area contributed by atoms with Gasteiger partial charge in [0.2, 0.25) is 0 Å². The molecule has 0 amide bonds. The SMILES string of the molecule is CN=C(NCC(C)N1CCOCC1C)NC1CCN(Cc2ccc(C(F)(F)F)cc2)C1. The summed E-state index contributed by atoms with van der Waals surface area (Å²) in [6, 6.07) is 6.49. The van der Waals surface area contributed by atoms with E-state index in [1.54, 1.807) is 19.2 Å². The predicted molar refractivity (Wildman–Crippen MR) is 116 cm³/mol. The average molecular weight is 442 g/mol. The Hall–Kier alpha value is -1.84. The van der Waals surface area contributed by atoms with Crippen LogP contribution in [-0.4, -0.2) is 80.3 Å². The molecule has 2 saturated heterocycles. The van der Waals surface area contributed by atoms with Crippen molar-refractivity contribution in [1.82, 2.24) is 20.4 Å². The summed E-state index contributed by atoms with van der Waals surface area (Å²) >= 11 is 0. The number of rotatable bonds is 6. The first-order valence-electron chi connectivity index (χ1n) is 11.0. The zero-order chi connectivity index (χ0) is 22.4. The lowest BCUT2D eigenvalue weighted by Gasteiger charge is -2.38. The Bertz CT molecular complexity index is 725. The Balaban J connectivity index is 1.43. The number of nitrogens with one attached hydrogen (secondary N) is 2. The van der Waals surface area contributed by atoms with Gasteiger partial charge in [-0.15, -0.1) is 0 Å². The van der Waals surface area contributed by atoms with Crippen LogP contribution in [0.15, 0.2) is 29.3 Å². The summed E-state index contributed by atoms with van der Waals surface area (Å²) in [4.78, 5) is 9.06. The lowest BCUT2D eigenvalue weighted by molar-refractivity contribution is -0.137. The smallest absolute Gasteiger partial charge is 0.379 e. The third kappa shape index (κ3) is 6.82. The molecule has 1 aromatic carbocycles. The van der Waals surface area contributed by atoms with Gasteiger partial charge < -0.3 is 15.4 Å². The second-order valence-electron chi connectivity index (χ2n) is 8.52. The molecular formula is C22H34F3N5O. The zero-order valence-corrected chi connectivity index (χ0v) is 18.6. The number of alkyl halides is 3. The van der Waals surface area contributed by atoms with Gasteiger partial charge in [0.1, 0.15) is 0 Å². The number of benzene rings is 1. The molecule has 0 saturated carbocycles. The number of nitrogens with zero attached hydrogens (tertiary/aromatic N) is 3. The number of ether oxygens (including phenoxy) is 1. The van der Waals surface area contributed by atoms with Crippen molar-refractivity contribution in [3.63, 3.8) is 0 Å². The summed E-state index contributed by atoms with van der Waals surface area (Å²) in [6.45, 7) is 10.1. The first-order chi connectivity index (χ1) is 14.8. The van der Waals surface area contributed by atoms with Crippen LogP contribution in [0, 0.1) is 0 Å². The first-order valence-corrected chi connectivity index (χ1v) is 11.0. The molecule has 3 unspecified atom stereocenters. The monoisotopic (exact) mass is 441 g/mol. The molecule has 9 heteroatoms. The van der Waals surface area contributed by atoms with Crippen molar-refractivity contribution in [1.29, 1.82) is 0 Å². The molecule has 0 aliphatic carbocycles. The topological polar surface area (TPSA) is 52.1 Å². The lowest BCUT2D eigenvalue weighted by Crippen LogP contribution is -2.53. The summed E-state index contributed by atoms with van der Waals surface area (Å²) in [5, 5.41) is 6.92. The Morgan fingerprint density at radius 1 is 1.26 bits per heavy atom. The fourth-order valence-electron chi connectivity index (χ4n) is 4.30. The summed E-state index contributed by atoms with van der Waals surface area (Å²) in [7, 11) is 1.77. The largest absolute Gasteiger partial charge is 0.416 e. The molecule has 2 heterocycles. The summed E-state index contributed by atoms with van der Waals surface area (Å²) in [5.74, 6) is 0.786. The number of aliphatic imine (C=N–C) groups is 1. The predicted octanol–water partition coefficient (Wildman–Crippen LogP) is 2.55. The van der Waals surface area contributed by atoms with Crippen molar-refractivity contribution in [3.05, 3.63) is 35.4 Å². The number of hydrogen-bond donors (Lipinski definition) is 2. The Morgan fingerprint density at radius 3 is 2.65 bits per heavy atom. The van der Waals surface area contributed by atoms with E-state index in [9.17, 15) is 13.2 Å². The number of halogens is 3. The Morgan fingerprint density at radius 2 is 2.00 bits per heavy atom. The van der Waals surface area contributed by atoms with E-state index < -0.39 is 11.7 Å². The first kappa shape index (κ1) is 23.8. The Labute approximate surface area is 182 Å². The molecule has 31 heavy (non-hydrogen) atoms. The second kappa shape index (κ2) is 10.7. The van der Waals surface area contributed by atoms with Crippen LogP contribution >= 0.6 is 0 Å². The van der Waals surface area contributed by atoms with Gasteiger partial charge in [-0.05, 0) is 38.0 Å². The fraction of sp³-hybridized carbons (Fsp3) is 0.682. The van der Waals surface area contributed by atoms with Crippen LogP contribution in [0.4, 0.5) is 13.2 Å². The molecule has 2 N–H and O–H groups in total. The van der Waals surface area contributed by atoms with Crippen LogP contribution in [0.5, 0.6) is 0 Å². The van der Waals surface area contributed by atoms with Crippen molar-refractivity contribution in [2.24, 2.45) is 4.99 Å². The second-order valence-corrected chi connectivity index (χ2v) is 8.52. The van der Waals surface area contributed by atoms with E-state index in [2.05, 4.69) is 39.3 Å². The number of morpholine rings is 1. The van der Waals surface area contributed by atoms with Gasteiger partial charge in [0.15, 0.2) is 5.96 Å². The van der Waals surface area contributed by atoms with Gasteiger partial charge in [-0.3, -0.25) is 14.8 Å². The van der Waals surface area contributed by atoms with Crippen LogP contribution in [0.3, 0.4) is 0 Å². The molecular weight excluding hydrogens is 407 g/mol. The van der Waals surface area contributed by atoms with E-state index in [1.165, 1.54) is 0 Å². The molecule has 174 valence electrons. The third-order valence-electron chi connectivity index (χ3n) is 6.07.